The number of sulfonamides is 1. The van der Waals surface area contributed by atoms with Crippen molar-refractivity contribution in [2.45, 2.75) is 10.6 Å². The zero-order valence-corrected chi connectivity index (χ0v) is 12.6. The summed E-state index contributed by atoms with van der Waals surface area (Å²) in [5.74, 6) is -1.56. The molecule has 0 aliphatic heterocycles. The molecule has 8 heteroatoms. The lowest BCUT2D eigenvalue weighted by molar-refractivity contribution is -0.136. The molecule has 0 saturated heterocycles. The molecular formula is C13H12FNO4S2. The maximum atomic E-state index is 13.2. The zero-order valence-electron chi connectivity index (χ0n) is 11.0. The van der Waals surface area contributed by atoms with E-state index in [1.165, 1.54) is 37.4 Å². The van der Waals surface area contributed by atoms with E-state index in [2.05, 4.69) is 0 Å². The van der Waals surface area contributed by atoms with Crippen LogP contribution in [-0.2, 0) is 21.2 Å². The third-order valence-corrected chi connectivity index (χ3v) is 6.09. The Hall–Kier alpha value is -1.93. The second-order valence-electron chi connectivity index (χ2n) is 4.24. The molecule has 5 nitrogen and oxygen atoms in total. The summed E-state index contributed by atoms with van der Waals surface area (Å²) in [5.41, 5.74) is 0.197. The predicted molar refractivity (Wildman–Crippen MR) is 77.6 cm³/mol. The average Bonchev–Trinajstić information content (AvgIpc) is 2.86. The van der Waals surface area contributed by atoms with Gasteiger partial charge in [-0.25, -0.2) is 12.8 Å². The van der Waals surface area contributed by atoms with Crippen LogP contribution in [0.25, 0.3) is 0 Å². The molecule has 1 heterocycles. The van der Waals surface area contributed by atoms with Crippen LogP contribution < -0.4 is 4.31 Å². The number of thiophene rings is 1. The van der Waals surface area contributed by atoms with Gasteiger partial charge in [0.15, 0.2) is 0 Å². The molecule has 112 valence electrons. The maximum absolute atomic E-state index is 13.2. The van der Waals surface area contributed by atoms with Crippen molar-refractivity contribution >= 4 is 33.0 Å². The van der Waals surface area contributed by atoms with Crippen molar-refractivity contribution in [3.63, 3.8) is 0 Å². The second kappa shape index (κ2) is 5.82. The number of rotatable bonds is 5. The quantitative estimate of drug-likeness (QED) is 0.913. The predicted octanol–water partition coefficient (Wildman–Crippen LogP) is 2.34. The van der Waals surface area contributed by atoms with Gasteiger partial charge in [0, 0.05) is 11.9 Å². The minimum Gasteiger partial charge on any atom is -0.481 e. The van der Waals surface area contributed by atoms with E-state index in [9.17, 15) is 17.6 Å². The molecule has 2 rings (SSSR count). The normalized spacial score (nSPS) is 11.3. The molecule has 2 aromatic rings. The highest BCUT2D eigenvalue weighted by Crippen LogP contribution is 2.28. The Morgan fingerprint density at radius 3 is 2.67 bits per heavy atom. The minimum atomic E-state index is -3.83. The molecule has 1 N–H and O–H groups in total. The van der Waals surface area contributed by atoms with Crippen molar-refractivity contribution in [1.82, 2.24) is 0 Å². The van der Waals surface area contributed by atoms with Gasteiger partial charge >= 0.3 is 5.97 Å². The molecule has 0 spiro atoms. The lowest BCUT2D eigenvalue weighted by Crippen LogP contribution is -2.25. The number of benzene rings is 1. The van der Waals surface area contributed by atoms with Crippen molar-refractivity contribution in [2.24, 2.45) is 0 Å². The first-order valence-electron chi connectivity index (χ1n) is 5.85. The van der Waals surface area contributed by atoms with Gasteiger partial charge in [-0.05, 0) is 30.3 Å². The molecule has 1 aromatic carbocycles. The summed E-state index contributed by atoms with van der Waals surface area (Å²) in [6.45, 7) is 0. The first-order valence-corrected chi connectivity index (χ1v) is 8.11. The van der Waals surface area contributed by atoms with E-state index in [1.54, 1.807) is 0 Å². The van der Waals surface area contributed by atoms with Crippen LogP contribution in [0.3, 0.4) is 0 Å². The summed E-state index contributed by atoms with van der Waals surface area (Å²) in [5, 5.41) is 8.70. The van der Waals surface area contributed by atoms with Crippen molar-refractivity contribution in [3.8, 4) is 0 Å². The van der Waals surface area contributed by atoms with Crippen LogP contribution in [0.2, 0.25) is 0 Å². The Balaban J connectivity index is 2.33. The number of hydrogen-bond acceptors (Lipinski definition) is 4. The van der Waals surface area contributed by atoms with Crippen LogP contribution in [0.1, 0.15) is 4.88 Å². The lowest BCUT2D eigenvalue weighted by atomic mass is 10.3. The van der Waals surface area contributed by atoms with Crippen LogP contribution in [0.5, 0.6) is 0 Å². The van der Waals surface area contributed by atoms with Crippen molar-refractivity contribution < 1.29 is 22.7 Å². The maximum Gasteiger partial charge on any atom is 0.308 e. The third-order valence-electron chi connectivity index (χ3n) is 2.75. The average molecular weight is 329 g/mol. The van der Waals surface area contributed by atoms with Crippen molar-refractivity contribution in [2.75, 3.05) is 11.4 Å². The molecule has 0 radical (unpaired) electrons. The van der Waals surface area contributed by atoms with Crippen LogP contribution >= 0.6 is 11.3 Å². The highest BCUT2D eigenvalue weighted by Gasteiger charge is 2.24. The molecule has 0 fully saturated rings. The van der Waals surface area contributed by atoms with Crippen molar-refractivity contribution in [1.29, 1.82) is 0 Å². The number of carboxylic acid groups (broad SMARTS) is 1. The van der Waals surface area contributed by atoms with Crippen LogP contribution in [0.4, 0.5) is 10.1 Å². The Kier molecular flexibility index (Phi) is 4.29. The van der Waals surface area contributed by atoms with Crippen LogP contribution in [0, 0.1) is 5.82 Å². The number of carboxylic acids is 1. The smallest absolute Gasteiger partial charge is 0.308 e. The van der Waals surface area contributed by atoms with E-state index in [0.717, 1.165) is 21.7 Å². The van der Waals surface area contributed by atoms with Crippen molar-refractivity contribution in [3.05, 3.63) is 47.1 Å². The fourth-order valence-corrected chi connectivity index (χ4v) is 4.39. The Morgan fingerprint density at radius 2 is 2.05 bits per heavy atom. The molecule has 0 aliphatic rings. The van der Waals surface area contributed by atoms with Gasteiger partial charge in [-0.3, -0.25) is 9.10 Å². The summed E-state index contributed by atoms with van der Waals surface area (Å²) in [4.78, 5) is 11.1. The third kappa shape index (κ3) is 3.40. The zero-order chi connectivity index (χ0) is 15.6. The monoisotopic (exact) mass is 329 g/mol. The fraction of sp³-hybridized carbons (Fsp3) is 0.154. The minimum absolute atomic E-state index is 0.0190. The van der Waals surface area contributed by atoms with Gasteiger partial charge in [0.2, 0.25) is 0 Å². The molecule has 0 bridgehead atoms. The molecule has 0 amide bonds. The molecular weight excluding hydrogens is 317 g/mol. The van der Waals surface area contributed by atoms with Gasteiger partial charge in [0.25, 0.3) is 10.0 Å². The first-order chi connectivity index (χ1) is 9.80. The molecule has 0 unspecified atom stereocenters. The molecule has 0 atom stereocenters. The number of nitrogens with zero attached hydrogens (tertiary/aromatic N) is 1. The summed E-state index contributed by atoms with van der Waals surface area (Å²) in [6, 6.07) is 8.05. The van der Waals surface area contributed by atoms with Crippen LogP contribution in [-0.4, -0.2) is 26.5 Å². The van der Waals surface area contributed by atoms with Gasteiger partial charge < -0.3 is 5.11 Å². The summed E-state index contributed by atoms with van der Waals surface area (Å²) >= 11 is 0.891. The van der Waals surface area contributed by atoms with E-state index >= 15 is 0 Å². The molecule has 0 aliphatic carbocycles. The van der Waals surface area contributed by atoms with Gasteiger partial charge in [0.05, 0.1) is 12.1 Å². The largest absolute Gasteiger partial charge is 0.481 e. The van der Waals surface area contributed by atoms with Gasteiger partial charge in [0.1, 0.15) is 10.0 Å². The highest BCUT2D eigenvalue weighted by atomic mass is 32.2. The summed E-state index contributed by atoms with van der Waals surface area (Å²) in [7, 11) is -2.51. The molecule has 0 saturated carbocycles. The Morgan fingerprint density at radius 1 is 1.33 bits per heavy atom. The van der Waals surface area contributed by atoms with Gasteiger partial charge in [-0.15, -0.1) is 11.3 Å². The van der Waals surface area contributed by atoms with Gasteiger partial charge in [-0.1, -0.05) is 6.07 Å². The second-order valence-corrected chi connectivity index (χ2v) is 7.61. The standard InChI is InChI=1S/C13H12FNO4S2/c1-15(10-4-2-3-9(14)7-10)21(18,19)13-6-5-11(20-13)8-12(16)17/h2-7H,8H2,1H3,(H,16,17). The van der Waals surface area contributed by atoms with E-state index in [1.807, 2.05) is 0 Å². The highest BCUT2D eigenvalue weighted by molar-refractivity contribution is 7.94. The van der Waals surface area contributed by atoms with E-state index < -0.39 is 21.8 Å². The topological polar surface area (TPSA) is 74.7 Å². The number of aliphatic carboxylic acids is 1. The lowest BCUT2D eigenvalue weighted by Gasteiger charge is -2.18. The summed E-state index contributed by atoms with van der Waals surface area (Å²) < 4.78 is 39.0. The van der Waals surface area contributed by atoms with Crippen LogP contribution in [0.15, 0.2) is 40.6 Å². The SMILES string of the molecule is CN(c1cccc(F)c1)S(=O)(=O)c1ccc(CC(=O)O)s1. The fourth-order valence-electron chi connectivity index (χ4n) is 1.69. The number of carbonyl (C=O) groups is 1. The van der Waals surface area contributed by atoms with E-state index in [0.29, 0.717) is 4.88 Å². The first kappa shape index (κ1) is 15.5. The number of halogens is 1. The van der Waals surface area contributed by atoms with E-state index in [-0.39, 0.29) is 16.3 Å². The summed E-state index contributed by atoms with van der Waals surface area (Å²) in [6.07, 6.45) is -0.232. The van der Waals surface area contributed by atoms with E-state index in [4.69, 9.17) is 5.11 Å². The number of hydrogen-bond donors (Lipinski definition) is 1. The van der Waals surface area contributed by atoms with Gasteiger partial charge in [-0.2, -0.15) is 0 Å². The molecule has 1 aromatic heterocycles. The Bertz CT molecular complexity index is 770. The molecule has 21 heavy (non-hydrogen) atoms. The Labute approximate surface area is 125 Å². The number of anilines is 1.